The molecule has 1 heterocycles. The van der Waals surface area contributed by atoms with Gasteiger partial charge in [-0.25, -0.2) is 4.79 Å². The van der Waals surface area contributed by atoms with E-state index in [-0.39, 0.29) is 11.9 Å². The van der Waals surface area contributed by atoms with Crippen molar-refractivity contribution in [3.05, 3.63) is 0 Å². The van der Waals surface area contributed by atoms with Gasteiger partial charge in [0.1, 0.15) is 5.84 Å². The molecule has 0 fully saturated rings. The third-order valence-corrected chi connectivity index (χ3v) is 1.56. The van der Waals surface area contributed by atoms with E-state index in [2.05, 4.69) is 10.3 Å². The molecule has 0 atom stereocenters. The van der Waals surface area contributed by atoms with Crippen molar-refractivity contribution in [1.29, 1.82) is 0 Å². The van der Waals surface area contributed by atoms with Crippen molar-refractivity contribution in [2.24, 2.45) is 4.99 Å². The Bertz CT molecular complexity index is 247. The Morgan fingerprint density at radius 3 is 2.83 bits per heavy atom. The van der Waals surface area contributed by atoms with Gasteiger partial charge in [0.05, 0.1) is 0 Å². The lowest BCUT2D eigenvalue weighted by Gasteiger charge is -2.20. The van der Waals surface area contributed by atoms with Gasteiger partial charge in [0.15, 0.2) is 0 Å². The molecule has 5 nitrogen and oxygen atoms in total. The second-order valence-corrected chi connectivity index (χ2v) is 2.69. The van der Waals surface area contributed by atoms with Crippen LogP contribution >= 0.6 is 0 Å². The number of hydrogen-bond acceptors (Lipinski definition) is 2. The quantitative estimate of drug-likeness (QED) is 0.553. The first-order chi connectivity index (χ1) is 5.59. The Balaban J connectivity index is 2.62. The zero-order valence-electron chi connectivity index (χ0n) is 7.13. The molecule has 66 valence electrons. The molecule has 5 heteroatoms. The number of hydrogen-bond donors (Lipinski definition) is 1. The van der Waals surface area contributed by atoms with Crippen LogP contribution in [0.4, 0.5) is 4.79 Å². The molecule has 1 aliphatic rings. The summed E-state index contributed by atoms with van der Waals surface area (Å²) < 4.78 is 0. The molecule has 0 aromatic heterocycles. The molecule has 1 aliphatic heterocycles. The Kier molecular flexibility index (Phi) is 2.42. The van der Waals surface area contributed by atoms with Gasteiger partial charge in [-0.3, -0.25) is 4.79 Å². The van der Waals surface area contributed by atoms with Gasteiger partial charge in [0.25, 0.3) is 0 Å². The predicted octanol–water partition coefficient (Wildman–Crippen LogP) is -0.0235. The molecule has 0 saturated heterocycles. The van der Waals surface area contributed by atoms with Crippen molar-refractivity contribution in [1.82, 2.24) is 10.2 Å². The minimum absolute atomic E-state index is 0.189. The first-order valence-corrected chi connectivity index (χ1v) is 3.70. The summed E-state index contributed by atoms with van der Waals surface area (Å²) in [5.41, 5.74) is 0. The largest absolute Gasteiger partial charge is 0.344 e. The molecule has 0 aromatic carbocycles. The monoisotopic (exact) mass is 169 g/mol. The topological polar surface area (TPSA) is 61.8 Å². The Morgan fingerprint density at radius 2 is 2.33 bits per heavy atom. The highest BCUT2D eigenvalue weighted by atomic mass is 16.2. The second-order valence-electron chi connectivity index (χ2n) is 2.69. The van der Waals surface area contributed by atoms with Gasteiger partial charge >= 0.3 is 6.03 Å². The van der Waals surface area contributed by atoms with Gasteiger partial charge in [-0.15, -0.1) is 0 Å². The van der Waals surface area contributed by atoms with Gasteiger partial charge in [0, 0.05) is 26.9 Å². The number of carbonyl (C=O) groups excluding carboxylic acids is 2. The lowest BCUT2D eigenvalue weighted by Crippen LogP contribution is -2.39. The molecule has 1 rings (SSSR count). The number of amidine groups is 1. The standard InChI is InChI=1S/C7H11N3O2/c1-5(11)8-6-3-4-10(2)7(12)9-6/h3-4H2,1-2H3,(H,8,9,11,12). The summed E-state index contributed by atoms with van der Waals surface area (Å²) in [6.45, 7) is 2.00. The van der Waals surface area contributed by atoms with Crippen LogP contribution in [0.25, 0.3) is 0 Å². The van der Waals surface area contributed by atoms with Crippen molar-refractivity contribution in [3.8, 4) is 0 Å². The van der Waals surface area contributed by atoms with E-state index in [0.717, 1.165) is 0 Å². The first-order valence-electron chi connectivity index (χ1n) is 3.70. The highest BCUT2D eigenvalue weighted by Gasteiger charge is 2.16. The minimum atomic E-state index is -0.301. The van der Waals surface area contributed by atoms with Crippen molar-refractivity contribution >= 4 is 17.8 Å². The molecule has 12 heavy (non-hydrogen) atoms. The van der Waals surface area contributed by atoms with E-state index < -0.39 is 0 Å². The van der Waals surface area contributed by atoms with Crippen molar-refractivity contribution in [3.63, 3.8) is 0 Å². The molecule has 0 spiro atoms. The molecule has 0 aliphatic carbocycles. The van der Waals surface area contributed by atoms with Crippen LogP contribution in [0.15, 0.2) is 4.99 Å². The summed E-state index contributed by atoms with van der Waals surface area (Å²) in [5.74, 6) is 0.275. The van der Waals surface area contributed by atoms with E-state index in [1.165, 1.54) is 11.8 Å². The highest BCUT2D eigenvalue weighted by molar-refractivity contribution is 6.03. The molecule has 0 bridgehead atoms. The van der Waals surface area contributed by atoms with E-state index >= 15 is 0 Å². The maximum absolute atomic E-state index is 11.0. The van der Waals surface area contributed by atoms with Gasteiger partial charge in [-0.2, -0.15) is 4.99 Å². The van der Waals surface area contributed by atoms with Crippen LogP contribution in [0.3, 0.4) is 0 Å². The van der Waals surface area contributed by atoms with Crippen molar-refractivity contribution in [2.45, 2.75) is 13.3 Å². The third-order valence-electron chi connectivity index (χ3n) is 1.56. The summed E-state index contributed by atoms with van der Waals surface area (Å²) >= 11 is 0. The summed E-state index contributed by atoms with van der Waals surface area (Å²) in [6.07, 6.45) is 0.613. The second kappa shape index (κ2) is 3.34. The zero-order chi connectivity index (χ0) is 9.14. The molecule has 0 saturated carbocycles. The molecule has 1 N–H and O–H groups in total. The molecular weight excluding hydrogens is 158 g/mol. The van der Waals surface area contributed by atoms with E-state index in [1.54, 1.807) is 7.05 Å². The fraction of sp³-hybridized carbons (Fsp3) is 0.571. The van der Waals surface area contributed by atoms with Crippen LogP contribution in [0.2, 0.25) is 0 Å². The highest BCUT2D eigenvalue weighted by Crippen LogP contribution is 2.00. The average Bonchev–Trinajstić information content (AvgIpc) is 1.96. The van der Waals surface area contributed by atoms with Gasteiger partial charge < -0.3 is 10.2 Å². The fourth-order valence-corrected chi connectivity index (χ4v) is 0.920. The normalized spacial score (nSPS) is 17.3. The van der Waals surface area contributed by atoms with E-state index in [9.17, 15) is 9.59 Å². The summed E-state index contributed by atoms with van der Waals surface area (Å²) in [4.78, 5) is 26.7. The summed E-state index contributed by atoms with van der Waals surface area (Å²) in [5, 5.41) is 2.50. The number of carbonyl (C=O) groups is 2. The average molecular weight is 169 g/mol. The fourth-order valence-electron chi connectivity index (χ4n) is 0.920. The molecule has 0 unspecified atom stereocenters. The van der Waals surface area contributed by atoms with E-state index in [4.69, 9.17) is 0 Å². The molecule has 0 aromatic rings. The van der Waals surface area contributed by atoms with Gasteiger partial charge in [0.2, 0.25) is 5.91 Å². The number of urea groups is 1. The lowest BCUT2D eigenvalue weighted by atomic mass is 10.3. The van der Waals surface area contributed by atoms with Crippen molar-refractivity contribution in [2.75, 3.05) is 13.6 Å². The van der Waals surface area contributed by atoms with E-state index in [0.29, 0.717) is 18.8 Å². The molecule has 0 radical (unpaired) electrons. The Labute approximate surface area is 70.5 Å². The maximum atomic E-state index is 11.0. The molecule has 3 amide bonds. The smallest absolute Gasteiger partial charge is 0.325 e. The van der Waals surface area contributed by atoms with Crippen LogP contribution in [-0.2, 0) is 4.79 Å². The SMILES string of the molecule is CC(=O)NC1=NC(=O)N(C)CC1. The number of aliphatic imine (C=N–C) groups is 1. The van der Waals surface area contributed by atoms with Crippen LogP contribution in [0, 0.1) is 0 Å². The number of amides is 3. The van der Waals surface area contributed by atoms with Gasteiger partial charge in [-0.1, -0.05) is 0 Å². The van der Waals surface area contributed by atoms with E-state index in [1.807, 2.05) is 0 Å². The minimum Gasteiger partial charge on any atom is -0.325 e. The van der Waals surface area contributed by atoms with Crippen LogP contribution < -0.4 is 5.32 Å². The lowest BCUT2D eigenvalue weighted by molar-refractivity contribution is -0.117. The first kappa shape index (κ1) is 8.70. The van der Waals surface area contributed by atoms with Crippen LogP contribution in [0.5, 0.6) is 0 Å². The Hall–Kier alpha value is -1.39. The third kappa shape index (κ3) is 2.05. The van der Waals surface area contributed by atoms with Crippen LogP contribution in [0.1, 0.15) is 13.3 Å². The molecular formula is C7H11N3O2. The number of rotatable bonds is 0. The maximum Gasteiger partial charge on any atom is 0.344 e. The number of nitrogens with zero attached hydrogens (tertiary/aromatic N) is 2. The van der Waals surface area contributed by atoms with Crippen molar-refractivity contribution < 1.29 is 9.59 Å². The van der Waals surface area contributed by atoms with Crippen LogP contribution in [-0.4, -0.2) is 36.3 Å². The van der Waals surface area contributed by atoms with Gasteiger partial charge in [-0.05, 0) is 0 Å². The Morgan fingerprint density at radius 1 is 1.67 bits per heavy atom. The zero-order valence-corrected chi connectivity index (χ0v) is 7.13. The number of nitrogens with one attached hydrogen (secondary N) is 1. The predicted molar refractivity (Wildman–Crippen MR) is 43.9 cm³/mol. The summed E-state index contributed by atoms with van der Waals surface area (Å²) in [7, 11) is 1.68. The summed E-state index contributed by atoms with van der Waals surface area (Å²) in [6, 6.07) is -0.301.